The zero-order valence-electron chi connectivity index (χ0n) is 19.0. The van der Waals surface area contributed by atoms with Crippen LogP contribution < -0.4 is 20.5 Å². The molecule has 0 radical (unpaired) electrons. The maximum atomic E-state index is 13.4. The minimum Gasteiger partial charge on any atom is -0.507 e. The second-order valence-corrected chi connectivity index (χ2v) is 8.59. The molecule has 1 aliphatic heterocycles. The first-order valence-corrected chi connectivity index (χ1v) is 11.2. The molecule has 0 unspecified atom stereocenters. The van der Waals surface area contributed by atoms with Crippen LogP contribution in [0.15, 0.2) is 80.9 Å². The molecule has 6 rings (SSSR count). The number of hydrogen-bond acceptors (Lipinski definition) is 7. The number of phenols is 1. The fourth-order valence-corrected chi connectivity index (χ4v) is 4.80. The number of aromatic hydroxyl groups is 1. The summed E-state index contributed by atoms with van der Waals surface area (Å²) in [6.07, 6.45) is 1.19. The second kappa shape index (κ2) is 8.13. The average molecular weight is 481 g/mol. The van der Waals surface area contributed by atoms with Gasteiger partial charge in [-0.2, -0.15) is 0 Å². The third-order valence-corrected chi connectivity index (χ3v) is 6.51. The van der Waals surface area contributed by atoms with Gasteiger partial charge >= 0.3 is 5.97 Å². The summed E-state index contributed by atoms with van der Waals surface area (Å²) in [5.41, 5.74) is 1.40. The molecule has 1 atom stereocenters. The maximum absolute atomic E-state index is 13.4. The van der Waals surface area contributed by atoms with Gasteiger partial charge in [-0.15, -0.1) is 0 Å². The standard InChI is InChI=1S/C28H19NO7/c1-34-16-8-7-15-9-18(28(33)29-20(15)10-16)17-11-23(31)36-22-12-21(30)25-26(32)19(13-35-27(25)24(17)22)14-5-3-2-4-6-14/h2-10,12-13,17,30H,11H2,1H3,(H,29,33)/t17-/m0/s1. The van der Waals surface area contributed by atoms with Gasteiger partial charge in [-0.1, -0.05) is 30.3 Å². The number of ether oxygens (including phenoxy) is 2. The van der Waals surface area contributed by atoms with Gasteiger partial charge in [-0.25, -0.2) is 0 Å². The molecule has 8 heteroatoms. The van der Waals surface area contributed by atoms with E-state index in [4.69, 9.17) is 13.9 Å². The van der Waals surface area contributed by atoms with Crippen LogP contribution in [0.25, 0.3) is 33.0 Å². The Morgan fingerprint density at radius 2 is 1.83 bits per heavy atom. The Bertz CT molecular complexity index is 1800. The highest BCUT2D eigenvalue weighted by atomic mass is 16.5. The number of carbonyl (C=O) groups excluding carboxylic acids is 1. The molecule has 0 aliphatic carbocycles. The van der Waals surface area contributed by atoms with Gasteiger partial charge in [0.1, 0.15) is 34.5 Å². The van der Waals surface area contributed by atoms with Crippen molar-refractivity contribution in [3.8, 4) is 28.4 Å². The zero-order valence-corrected chi connectivity index (χ0v) is 19.0. The van der Waals surface area contributed by atoms with Crippen molar-refractivity contribution in [3.05, 3.63) is 98.6 Å². The van der Waals surface area contributed by atoms with E-state index in [1.165, 1.54) is 19.4 Å². The van der Waals surface area contributed by atoms with E-state index in [0.717, 1.165) is 5.39 Å². The van der Waals surface area contributed by atoms with Crippen molar-refractivity contribution in [1.29, 1.82) is 0 Å². The molecule has 2 aromatic heterocycles. The number of carbonyl (C=O) groups is 1. The van der Waals surface area contributed by atoms with Gasteiger partial charge in [-0.3, -0.25) is 14.4 Å². The molecule has 5 aromatic rings. The van der Waals surface area contributed by atoms with E-state index in [2.05, 4.69) is 4.98 Å². The molecular weight excluding hydrogens is 462 g/mol. The molecule has 0 saturated carbocycles. The van der Waals surface area contributed by atoms with E-state index in [9.17, 15) is 19.5 Å². The van der Waals surface area contributed by atoms with Crippen molar-refractivity contribution in [1.82, 2.24) is 4.98 Å². The summed E-state index contributed by atoms with van der Waals surface area (Å²) in [6, 6.07) is 17.2. The van der Waals surface area contributed by atoms with Gasteiger partial charge in [0.25, 0.3) is 5.56 Å². The van der Waals surface area contributed by atoms with Crippen LogP contribution in [0.4, 0.5) is 0 Å². The number of aromatic nitrogens is 1. The van der Waals surface area contributed by atoms with Crippen LogP contribution >= 0.6 is 0 Å². The van der Waals surface area contributed by atoms with Crippen LogP contribution in [-0.2, 0) is 4.79 Å². The van der Waals surface area contributed by atoms with E-state index in [0.29, 0.717) is 28.0 Å². The summed E-state index contributed by atoms with van der Waals surface area (Å²) in [7, 11) is 1.54. The monoisotopic (exact) mass is 481 g/mol. The topological polar surface area (TPSA) is 119 Å². The quantitative estimate of drug-likeness (QED) is 0.289. The van der Waals surface area contributed by atoms with Crippen molar-refractivity contribution in [2.24, 2.45) is 0 Å². The molecule has 36 heavy (non-hydrogen) atoms. The number of fused-ring (bicyclic) bond motifs is 4. The summed E-state index contributed by atoms with van der Waals surface area (Å²) in [5, 5.41) is 11.4. The minimum absolute atomic E-state index is 0.0417. The van der Waals surface area contributed by atoms with Crippen LogP contribution in [0.5, 0.6) is 17.2 Å². The fraction of sp³-hybridized carbons (Fsp3) is 0.107. The van der Waals surface area contributed by atoms with Gasteiger partial charge in [0.05, 0.1) is 24.6 Å². The number of hydrogen-bond donors (Lipinski definition) is 2. The molecule has 0 spiro atoms. The van der Waals surface area contributed by atoms with Gasteiger partial charge < -0.3 is 24.0 Å². The summed E-state index contributed by atoms with van der Waals surface area (Å²) in [5.74, 6) is -1.06. The molecule has 0 saturated heterocycles. The number of H-pyrrole nitrogens is 1. The average Bonchev–Trinajstić information content (AvgIpc) is 2.87. The predicted octanol–water partition coefficient (Wildman–Crippen LogP) is 4.46. The highest BCUT2D eigenvalue weighted by Crippen LogP contribution is 2.45. The first-order valence-electron chi connectivity index (χ1n) is 11.2. The zero-order chi connectivity index (χ0) is 25.0. The van der Waals surface area contributed by atoms with E-state index in [1.807, 2.05) is 6.07 Å². The van der Waals surface area contributed by atoms with Crippen molar-refractivity contribution < 1.29 is 23.8 Å². The van der Waals surface area contributed by atoms with Crippen molar-refractivity contribution in [3.63, 3.8) is 0 Å². The van der Waals surface area contributed by atoms with Crippen LogP contribution in [0.3, 0.4) is 0 Å². The maximum Gasteiger partial charge on any atom is 0.312 e. The molecule has 0 amide bonds. The third-order valence-electron chi connectivity index (χ3n) is 6.51. The van der Waals surface area contributed by atoms with Gasteiger partial charge in [0, 0.05) is 29.2 Å². The Hall–Kier alpha value is -4.85. The van der Waals surface area contributed by atoms with Crippen LogP contribution in [-0.4, -0.2) is 23.2 Å². The van der Waals surface area contributed by atoms with Crippen molar-refractivity contribution >= 4 is 27.8 Å². The van der Waals surface area contributed by atoms with Gasteiger partial charge in [-0.05, 0) is 29.1 Å². The van der Waals surface area contributed by atoms with Crippen LogP contribution in [0, 0.1) is 0 Å². The Morgan fingerprint density at radius 1 is 1.03 bits per heavy atom. The largest absolute Gasteiger partial charge is 0.507 e. The van der Waals surface area contributed by atoms with Crippen molar-refractivity contribution in [2.75, 3.05) is 7.11 Å². The lowest BCUT2D eigenvalue weighted by atomic mass is 9.85. The summed E-state index contributed by atoms with van der Waals surface area (Å²) in [4.78, 5) is 41.9. The molecule has 3 aromatic carbocycles. The number of pyridine rings is 1. The van der Waals surface area contributed by atoms with Crippen LogP contribution in [0.1, 0.15) is 23.5 Å². The molecule has 8 nitrogen and oxygen atoms in total. The molecule has 3 heterocycles. The molecule has 1 aliphatic rings. The first-order chi connectivity index (χ1) is 17.4. The number of methoxy groups -OCH3 is 1. The third kappa shape index (κ3) is 3.34. The number of aromatic amines is 1. The molecule has 2 N–H and O–H groups in total. The van der Waals surface area contributed by atoms with E-state index in [-0.39, 0.29) is 34.5 Å². The lowest BCUT2D eigenvalue weighted by Crippen LogP contribution is -2.26. The number of esters is 1. The smallest absolute Gasteiger partial charge is 0.312 e. The van der Waals surface area contributed by atoms with E-state index >= 15 is 0 Å². The SMILES string of the molecule is COc1ccc2cc([C@@H]3CC(=O)Oc4cc(O)c5c(=O)c(-c6ccccc6)coc5c43)c(=O)[nH]c2c1. The number of phenolic OH excluding ortho intramolecular Hbond substituents is 1. The lowest BCUT2D eigenvalue weighted by molar-refractivity contribution is -0.135. The summed E-state index contributed by atoms with van der Waals surface area (Å²) >= 11 is 0. The lowest BCUT2D eigenvalue weighted by Gasteiger charge is -2.25. The van der Waals surface area contributed by atoms with E-state index in [1.54, 1.807) is 48.5 Å². The number of benzene rings is 3. The van der Waals surface area contributed by atoms with E-state index < -0.39 is 22.9 Å². The van der Waals surface area contributed by atoms with Crippen LogP contribution in [0.2, 0.25) is 0 Å². The fourth-order valence-electron chi connectivity index (χ4n) is 4.80. The normalized spacial score (nSPS) is 15.0. The number of rotatable bonds is 3. The summed E-state index contributed by atoms with van der Waals surface area (Å²) < 4.78 is 16.5. The summed E-state index contributed by atoms with van der Waals surface area (Å²) in [6.45, 7) is 0. The first kappa shape index (κ1) is 21.7. The minimum atomic E-state index is -0.759. The highest BCUT2D eigenvalue weighted by Gasteiger charge is 2.35. The Morgan fingerprint density at radius 3 is 2.61 bits per heavy atom. The predicted molar refractivity (Wildman–Crippen MR) is 133 cm³/mol. The molecule has 0 fully saturated rings. The number of nitrogens with one attached hydrogen (secondary N) is 1. The Balaban J connectivity index is 1.61. The molecule has 178 valence electrons. The van der Waals surface area contributed by atoms with Gasteiger partial charge in [0.15, 0.2) is 0 Å². The molecular formula is C28H19NO7. The van der Waals surface area contributed by atoms with Crippen molar-refractivity contribution in [2.45, 2.75) is 12.3 Å². The second-order valence-electron chi connectivity index (χ2n) is 8.59. The molecule has 0 bridgehead atoms. The highest BCUT2D eigenvalue weighted by molar-refractivity contribution is 5.94. The Labute approximate surface area is 203 Å². The Kier molecular flexibility index (Phi) is 4.89. The van der Waals surface area contributed by atoms with Gasteiger partial charge in [0.2, 0.25) is 5.43 Å².